The number of fused-ring (bicyclic) bond motifs is 4. The second kappa shape index (κ2) is 8.92. The second-order valence-corrected chi connectivity index (χ2v) is 12.0. The van der Waals surface area contributed by atoms with Crippen molar-refractivity contribution in [1.82, 2.24) is 24.5 Å². The summed E-state index contributed by atoms with van der Waals surface area (Å²) >= 11 is 0.823. The molecule has 1 aromatic carbocycles. The van der Waals surface area contributed by atoms with E-state index in [1.807, 2.05) is 0 Å². The number of pyridine rings is 1. The number of alkyl halides is 3. The normalized spacial score (nSPS) is 18.9. The fourth-order valence-corrected chi connectivity index (χ4v) is 7.81. The first-order valence-electron chi connectivity index (χ1n) is 13.2. The van der Waals surface area contributed by atoms with Gasteiger partial charge in [-0.3, -0.25) is 14.3 Å². The maximum absolute atomic E-state index is 13.4. The number of hydrogen-bond donors (Lipinski definition) is 1. The van der Waals surface area contributed by atoms with Gasteiger partial charge in [0.1, 0.15) is 11.6 Å². The van der Waals surface area contributed by atoms with Crippen LogP contribution in [0, 0.1) is 5.41 Å². The first-order valence-corrected chi connectivity index (χ1v) is 14.1. The van der Waals surface area contributed by atoms with Crippen molar-refractivity contribution < 1.29 is 18.0 Å². The number of primary amides is 1. The summed E-state index contributed by atoms with van der Waals surface area (Å²) in [6.07, 6.45) is 3.46. The van der Waals surface area contributed by atoms with Gasteiger partial charge in [-0.15, -0.1) is 0 Å². The van der Waals surface area contributed by atoms with E-state index in [2.05, 4.69) is 44.1 Å². The van der Waals surface area contributed by atoms with Crippen LogP contribution in [0.25, 0.3) is 11.3 Å². The Bertz CT molecular complexity index is 1640. The lowest BCUT2D eigenvalue weighted by molar-refractivity contribution is -0.143. The average molecular weight is 566 g/mol. The number of halogens is 3. The first-order chi connectivity index (χ1) is 19.2. The molecule has 3 aliphatic rings. The van der Waals surface area contributed by atoms with Gasteiger partial charge in [0.15, 0.2) is 17.0 Å². The van der Waals surface area contributed by atoms with Gasteiger partial charge in [0.2, 0.25) is 11.9 Å². The number of carbonyl (C=O) groups is 1. The monoisotopic (exact) mass is 565 g/mol. The molecule has 4 aromatic rings. The predicted octanol–water partition coefficient (Wildman–Crippen LogP) is 4.75. The largest absolute Gasteiger partial charge is 0.434 e. The van der Waals surface area contributed by atoms with Crippen LogP contribution in [0.15, 0.2) is 58.7 Å². The van der Waals surface area contributed by atoms with Crippen LogP contribution in [0.2, 0.25) is 0 Å². The minimum Gasteiger partial charge on any atom is -0.368 e. The molecule has 7 rings (SSSR count). The van der Waals surface area contributed by atoms with E-state index in [0.29, 0.717) is 11.6 Å². The molecule has 2 N–H and O–H groups in total. The smallest absolute Gasteiger partial charge is 0.368 e. The van der Waals surface area contributed by atoms with Crippen LogP contribution in [-0.2, 0) is 29.4 Å². The summed E-state index contributed by atoms with van der Waals surface area (Å²) in [5.74, 6) is 0.0196. The van der Waals surface area contributed by atoms with Crippen LogP contribution in [0.1, 0.15) is 42.5 Å². The number of carbonyl (C=O) groups excluding carboxylic acids is 1. The third kappa shape index (κ3) is 3.94. The minimum atomic E-state index is -4.59. The molecule has 0 bridgehead atoms. The Kier molecular flexibility index (Phi) is 5.64. The van der Waals surface area contributed by atoms with E-state index in [-0.39, 0.29) is 32.9 Å². The number of hydrogen-bond acceptors (Lipinski definition) is 7. The van der Waals surface area contributed by atoms with E-state index in [9.17, 15) is 18.0 Å². The number of amides is 1. The summed E-state index contributed by atoms with van der Waals surface area (Å²) in [7, 11) is 0. The van der Waals surface area contributed by atoms with Gasteiger partial charge in [-0.05, 0) is 60.8 Å². The Morgan fingerprint density at radius 1 is 1.02 bits per heavy atom. The van der Waals surface area contributed by atoms with E-state index in [0.717, 1.165) is 50.3 Å². The molecule has 0 atom stereocenters. The van der Waals surface area contributed by atoms with E-state index in [1.54, 1.807) is 4.57 Å². The third-order valence-corrected chi connectivity index (χ3v) is 9.77. The molecule has 2 fully saturated rings. The van der Waals surface area contributed by atoms with Crippen LogP contribution < -0.4 is 10.6 Å². The number of rotatable bonds is 5. The maximum Gasteiger partial charge on any atom is 0.434 e. The zero-order valence-electron chi connectivity index (χ0n) is 21.5. The molecule has 1 saturated heterocycles. The van der Waals surface area contributed by atoms with Crippen molar-refractivity contribution in [2.45, 2.75) is 60.2 Å². The van der Waals surface area contributed by atoms with Crippen molar-refractivity contribution in [1.29, 1.82) is 0 Å². The molecule has 0 unspecified atom stereocenters. The molecule has 8 nitrogen and oxygen atoms in total. The summed E-state index contributed by atoms with van der Waals surface area (Å²) in [6.45, 7) is 1.42. The van der Waals surface area contributed by atoms with Gasteiger partial charge < -0.3 is 10.6 Å². The van der Waals surface area contributed by atoms with Gasteiger partial charge in [-0.25, -0.2) is 9.97 Å². The van der Waals surface area contributed by atoms with Crippen molar-refractivity contribution >= 4 is 34.9 Å². The number of nitrogens with two attached hydrogens (primary N) is 1. The number of anilines is 1. The van der Waals surface area contributed by atoms with Crippen LogP contribution in [0.5, 0.6) is 0 Å². The number of nitrogens with zero attached hydrogens (tertiary/aromatic N) is 6. The lowest BCUT2D eigenvalue weighted by Gasteiger charge is -2.44. The quantitative estimate of drug-likeness (QED) is 0.373. The molecule has 12 heteroatoms. The van der Waals surface area contributed by atoms with Crippen LogP contribution >= 0.6 is 11.8 Å². The van der Waals surface area contributed by atoms with Gasteiger partial charge in [0.25, 0.3) is 0 Å². The fraction of sp³-hybridized carbons (Fsp3) is 0.393. The van der Waals surface area contributed by atoms with Crippen LogP contribution in [0.4, 0.5) is 19.1 Å². The zero-order valence-corrected chi connectivity index (χ0v) is 22.3. The molecular formula is C28H26F3N7OS. The van der Waals surface area contributed by atoms with Gasteiger partial charge in [0, 0.05) is 29.6 Å². The number of piperidine rings is 1. The molecule has 0 radical (unpaired) electrons. The SMILES string of the molecule is NC(=O)Cn1c(N2CCC3(CC2)Cc2ccccc2C32CC2)nc2nc(Sc3cccnc3C(F)(F)F)cnc21. The number of imidazole rings is 1. The molecule has 2 spiro atoms. The maximum atomic E-state index is 13.4. The van der Waals surface area contributed by atoms with Crippen molar-refractivity contribution in [2.24, 2.45) is 11.1 Å². The molecular weight excluding hydrogens is 539 g/mol. The molecule has 3 aromatic heterocycles. The molecule has 1 amide bonds. The lowest BCUT2D eigenvalue weighted by Crippen LogP contribution is -2.46. The standard InChI is InChI=1S/C28H26F3N7OS/c29-28(30,31)22-19(6-3-11-33-22)40-21-15-34-24-23(35-21)36-25(38(24)16-20(32)39)37-12-9-26(10-13-37)14-17-4-1-2-5-18(17)27(26)7-8-27/h1-6,11,15H,7-10,12-14,16H2,(H2,32,39). The highest BCUT2D eigenvalue weighted by atomic mass is 32.2. The van der Waals surface area contributed by atoms with Crippen LogP contribution in [0.3, 0.4) is 0 Å². The van der Waals surface area contributed by atoms with Crippen molar-refractivity contribution in [2.75, 3.05) is 18.0 Å². The van der Waals surface area contributed by atoms with E-state index in [4.69, 9.17) is 10.7 Å². The number of benzene rings is 1. The Morgan fingerprint density at radius 3 is 2.52 bits per heavy atom. The highest BCUT2D eigenvalue weighted by molar-refractivity contribution is 7.99. The molecule has 1 aliphatic heterocycles. The summed E-state index contributed by atoms with van der Waals surface area (Å²) < 4.78 is 42.0. The summed E-state index contributed by atoms with van der Waals surface area (Å²) in [5.41, 5.74) is 8.72. The van der Waals surface area contributed by atoms with Gasteiger partial charge in [0.05, 0.1) is 6.20 Å². The third-order valence-electron chi connectivity index (χ3n) is 8.81. The molecule has 2 aliphatic carbocycles. The van der Waals surface area contributed by atoms with Gasteiger partial charge in [-0.1, -0.05) is 36.0 Å². The van der Waals surface area contributed by atoms with Crippen molar-refractivity contribution in [3.8, 4) is 0 Å². The Hall–Kier alpha value is -3.67. The number of aromatic nitrogens is 5. The second-order valence-electron chi connectivity index (χ2n) is 11.0. The molecule has 40 heavy (non-hydrogen) atoms. The predicted molar refractivity (Wildman–Crippen MR) is 143 cm³/mol. The average Bonchev–Trinajstić information content (AvgIpc) is 3.61. The highest BCUT2D eigenvalue weighted by Crippen LogP contribution is 2.69. The van der Waals surface area contributed by atoms with Crippen molar-refractivity contribution in [3.05, 3.63) is 65.6 Å². The fourth-order valence-electron chi connectivity index (χ4n) is 6.94. The zero-order chi connectivity index (χ0) is 27.7. The van der Waals surface area contributed by atoms with Gasteiger partial charge in [-0.2, -0.15) is 18.2 Å². The minimum absolute atomic E-state index is 0.0756. The molecule has 4 heterocycles. The Morgan fingerprint density at radius 2 is 1.80 bits per heavy atom. The topological polar surface area (TPSA) is 103 Å². The van der Waals surface area contributed by atoms with Crippen molar-refractivity contribution in [3.63, 3.8) is 0 Å². The van der Waals surface area contributed by atoms with E-state index < -0.39 is 17.8 Å². The van der Waals surface area contributed by atoms with E-state index in [1.165, 1.54) is 42.3 Å². The van der Waals surface area contributed by atoms with Gasteiger partial charge >= 0.3 is 6.18 Å². The van der Waals surface area contributed by atoms with E-state index >= 15 is 0 Å². The summed E-state index contributed by atoms with van der Waals surface area (Å²) in [4.78, 5) is 31.3. The Balaban J connectivity index is 1.18. The summed E-state index contributed by atoms with van der Waals surface area (Å²) in [6, 6.07) is 11.6. The lowest BCUT2D eigenvalue weighted by atomic mass is 9.67. The molecule has 1 saturated carbocycles. The highest BCUT2D eigenvalue weighted by Gasteiger charge is 2.64. The first kappa shape index (κ1) is 25.3. The molecule has 206 valence electrons. The Labute approximate surface area is 232 Å². The summed E-state index contributed by atoms with van der Waals surface area (Å²) in [5, 5.41) is 0.248. The van der Waals surface area contributed by atoms with Crippen LogP contribution in [-0.4, -0.2) is 43.5 Å².